The van der Waals surface area contributed by atoms with E-state index in [9.17, 15) is 18.0 Å². The Balaban J connectivity index is 2.88. The summed E-state index contributed by atoms with van der Waals surface area (Å²) < 4.78 is 41.9. The van der Waals surface area contributed by atoms with Gasteiger partial charge in [-0.05, 0) is 18.6 Å². The average Bonchev–Trinajstić information content (AvgIpc) is 2.41. The molecule has 8 heteroatoms. The fourth-order valence-corrected chi connectivity index (χ4v) is 1.70. The standard InChI is InChI=1S/C13H17F3N2O3/c1-2-5-18(6-7-19)13(20)17-10-8-9(14)3-4-11(10)21-12(15)16/h3-4,8,12,19H,2,5-7H2,1H3,(H,17,20). The molecule has 2 amide bonds. The number of aliphatic hydroxyl groups is 1. The van der Waals surface area contributed by atoms with Crippen LogP contribution in [-0.2, 0) is 0 Å². The summed E-state index contributed by atoms with van der Waals surface area (Å²) in [4.78, 5) is 13.3. The zero-order valence-corrected chi connectivity index (χ0v) is 11.5. The molecule has 1 rings (SSSR count). The predicted molar refractivity (Wildman–Crippen MR) is 71.0 cm³/mol. The van der Waals surface area contributed by atoms with Gasteiger partial charge < -0.3 is 20.1 Å². The largest absolute Gasteiger partial charge is 0.433 e. The number of anilines is 1. The first-order valence-electron chi connectivity index (χ1n) is 6.39. The average molecular weight is 306 g/mol. The molecule has 21 heavy (non-hydrogen) atoms. The van der Waals surface area contributed by atoms with E-state index < -0.39 is 18.5 Å². The minimum atomic E-state index is -3.09. The van der Waals surface area contributed by atoms with E-state index in [0.717, 1.165) is 18.2 Å². The first kappa shape index (κ1) is 17.1. The lowest BCUT2D eigenvalue weighted by molar-refractivity contribution is -0.0494. The lowest BCUT2D eigenvalue weighted by Gasteiger charge is -2.22. The van der Waals surface area contributed by atoms with Gasteiger partial charge in [0.05, 0.1) is 12.3 Å². The number of benzene rings is 1. The Morgan fingerprint density at radius 1 is 1.43 bits per heavy atom. The van der Waals surface area contributed by atoms with Crippen molar-refractivity contribution in [3.8, 4) is 5.75 Å². The fourth-order valence-electron chi connectivity index (χ4n) is 1.70. The van der Waals surface area contributed by atoms with Gasteiger partial charge in [-0.15, -0.1) is 0 Å². The highest BCUT2D eigenvalue weighted by Crippen LogP contribution is 2.27. The summed E-state index contributed by atoms with van der Waals surface area (Å²) in [5.74, 6) is -1.03. The van der Waals surface area contributed by atoms with Crippen LogP contribution in [0.1, 0.15) is 13.3 Å². The maximum atomic E-state index is 13.2. The second-order valence-corrected chi connectivity index (χ2v) is 4.16. The van der Waals surface area contributed by atoms with Crippen LogP contribution >= 0.6 is 0 Å². The van der Waals surface area contributed by atoms with Gasteiger partial charge >= 0.3 is 12.6 Å². The number of carbonyl (C=O) groups is 1. The Morgan fingerprint density at radius 3 is 2.71 bits per heavy atom. The van der Waals surface area contributed by atoms with E-state index in [4.69, 9.17) is 5.11 Å². The summed E-state index contributed by atoms with van der Waals surface area (Å²) in [5.41, 5.74) is -0.195. The molecule has 1 aromatic rings. The number of amides is 2. The molecule has 1 aromatic carbocycles. The Bertz CT molecular complexity index is 466. The van der Waals surface area contributed by atoms with E-state index in [1.54, 1.807) is 0 Å². The number of ether oxygens (including phenoxy) is 1. The van der Waals surface area contributed by atoms with Gasteiger partial charge in [0.25, 0.3) is 0 Å². The molecule has 0 aliphatic rings. The van der Waals surface area contributed by atoms with Gasteiger partial charge in [-0.2, -0.15) is 8.78 Å². The molecule has 118 valence electrons. The molecular weight excluding hydrogens is 289 g/mol. The van der Waals surface area contributed by atoms with Gasteiger partial charge in [-0.25, -0.2) is 9.18 Å². The quantitative estimate of drug-likeness (QED) is 0.814. The number of urea groups is 1. The normalized spacial score (nSPS) is 10.6. The van der Waals surface area contributed by atoms with Crippen molar-refractivity contribution < 1.29 is 27.8 Å². The monoisotopic (exact) mass is 306 g/mol. The molecule has 0 bridgehead atoms. The van der Waals surface area contributed by atoms with E-state index in [-0.39, 0.29) is 24.6 Å². The molecule has 0 spiro atoms. The Morgan fingerprint density at radius 2 is 2.14 bits per heavy atom. The number of hydrogen-bond donors (Lipinski definition) is 2. The third-order valence-electron chi connectivity index (χ3n) is 2.55. The van der Waals surface area contributed by atoms with Crippen LogP contribution in [0, 0.1) is 5.82 Å². The summed E-state index contributed by atoms with van der Waals surface area (Å²) >= 11 is 0. The minimum Gasteiger partial charge on any atom is -0.433 e. The highest BCUT2D eigenvalue weighted by molar-refractivity contribution is 5.91. The molecule has 0 unspecified atom stereocenters. The second kappa shape index (κ2) is 8.35. The van der Waals surface area contributed by atoms with Crippen molar-refractivity contribution in [2.24, 2.45) is 0 Å². The van der Waals surface area contributed by atoms with Crippen molar-refractivity contribution in [2.75, 3.05) is 25.0 Å². The van der Waals surface area contributed by atoms with Gasteiger partial charge in [0, 0.05) is 19.2 Å². The van der Waals surface area contributed by atoms with E-state index >= 15 is 0 Å². The smallest absolute Gasteiger partial charge is 0.387 e. The first-order chi connectivity index (χ1) is 9.97. The fraction of sp³-hybridized carbons (Fsp3) is 0.462. The molecule has 0 saturated heterocycles. The maximum Gasteiger partial charge on any atom is 0.387 e. The summed E-state index contributed by atoms with van der Waals surface area (Å²) in [6.07, 6.45) is 0.650. The molecule has 0 atom stereocenters. The summed E-state index contributed by atoms with van der Waals surface area (Å²) in [7, 11) is 0. The van der Waals surface area contributed by atoms with Gasteiger partial charge in [-0.1, -0.05) is 6.92 Å². The van der Waals surface area contributed by atoms with Crippen LogP contribution in [0.5, 0.6) is 5.75 Å². The van der Waals surface area contributed by atoms with Crippen molar-refractivity contribution in [3.05, 3.63) is 24.0 Å². The second-order valence-electron chi connectivity index (χ2n) is 4.16. The molecular formula is C13H17F3N2O3. The molecule has 0 fully saturated rings. The number of rotatable bonds is 7. The van der Waals surface area contributed by atoms with Gasteiger partial charge in [-0.3, -0.25) is 0 Å². The molecule has 0 aromatic heterocycles. The van der Waals surface area contributed by atoms with E-state index in [1.807, 2.05) is 6.92 Å². The van der Waals surface area contributed by atoms with E-state index in [0.29, 0.717) is 13.0 Å². The summed E-state index contributed by atoms with van der Waals surface area (Å²) in [6, 6.07) is 2.22. The molecule has 0 aliphatic carbocycles. The zero-order valence-electron chi connectivity index (χ0n) is 11.5. The van der Waals surface area contributed by atoms with Crippen LogP contribution in [0.25, 0.3) is 0 Å². The lowest BCUT2D eigenvalue weighted by atomic mass is 10.3. The summed E-state index contributed by atoms with van der Waals surface area (Å²) in [5, 5.41) is 11.2. The molecule has 5 nitrogen and oxygen atoms in total. The maximum absolute atomic E-state index is 13.2. The Hall–Kier alpha value is -1.96. The van der Waals surface area contributed by atoms with Crippen LogP contribution in [0.4, 0.5) is 23.7 Å². The van der Waals surface area contributed by atoms with Crippen molar-refractivity contribution in [2.45, 2.75) is 20.0 Å². The van der Waals surface area contributed by atoms with Crippen LogP contribution in [0.3, 0.4) is 0 Å². The van der Waals surface area contributed by atoms with Crippen LogP contribution < -0.4 is 10.1 Å². The van der Waals surface area contributed by atoms with Crippen molar-refractivity contribution in [1.29, 1.82) is 0 Å². The third-order valence-corrected chi connectivity index (χ3v) is 2.55. The van der Waals surface area contributed by atoms with E-state index in [1.165, 1.54) is 4.90 Å². The SMILES string of the molecule is CCCN(CCO)C(=O)Nc1cc(F)ccc1OC(F)F. The highest BCUT2D eigenvalue weighted by Gasteiger charge is 2.16. The number of aliphatic hydroxyl groups excluding tert-OH is 1. The topological polar surface area (TPSA) is 61.8 Å². The van der Waals surface area contributed by atoms with Gasteiger partial charge in [0.1, 0.15) is 11.6 Å². The zero-order chi connectivity index (χ0) is 15.8. The molecule has 0 heterocycles. The number of carbonyl (C=O) groups excluding carboxylic acids is 1. The molecule has 0 saturated carbocycles. The minimum absolute atomic E-state index is 0.0834. The third kappa shape index (κ3) is 5.50. The molecule has 0 radical (unpaired) electrons. The lowest BCUT2D eigenvalue weighted by Crippen LogP contribution is -2.37. The number of nitrogens with zero attached hydrogens (tertiary/aromatic N) is 1. The highest BCUT2D eigenvalue weighted by atomic mass is 19.3. The van der Waals surface area contributed by atoms with Crippen LogP contribution in [0.2, 0.25) is 0 Å². The van der Waals surface area contributed by atoms with E-state index in [2.05, 4.69) is 10.1 Å². The van der Waals surface area contributed by atoms with Gasteiger partial charge in [0.15, 0.2) is 0 Å². The van der Waals surface area contributed by atoms with Gasteiger partial charge in [0.2, 0.25) is 0 Å². The first-order valence-corrected chi connectivity index (χ1v) is 6.39. The Kier molecular flexibility index (Phi) is 6.80. The predicted octanol–water partition coefficient (Wildman–Crippen LogP) is 2.66. The molecule has 0 aliphatic heterocycles. The number of halogens is 3. The van der Waals surface area contributed by atoms with Crippen LogP contribution in [-0.4, -0.2) is 42.3 Å². The number of nitrogens with one attached hydrogen (secondary N) is 1. The van der Waals surface area contributed by atoms with Crippen molar-refractivity contribution in [1.82, 2.24) is 4.90 Å². The van der Waals surface area contributed by atoms with Crippen LogP contribution in [0.15, 0.2) is 18.2 Å². The number of hydrogen-bond acceptors (Lipinski definition) is 3. The van der Waals surface area contributed by atoms with Crippen molar-refractivity contribution in [3.63, 3.8) is 0 Å². The Labute approximate surface area is 120 Å². The number of alkyl halides is 2. The summed E-state index contributed by atoms with van der Waals surface area (Å²) in [6.45, 7) is -1.04. The van der Waals surface area contributed by atoms with Crippen molar-refractivity contribution >= 4 is 11.7 Å². The molecule has 2 N–H and O–H groups in total.